The van der Waals surface area contributed by atoms with Crippen LogP contribution in [0.15, 0.2) is 36.5 Å². The van der Waals surface area contributed by atoms with Gasteiger partial charge in [-0.15, -0.1) is 0 Å². The predicted molar refractivity (Wildman–Crippen MR) is 88.0 cm³/mol. The van der Waals surface area contributed by atoms with Gasteiger partial charge in [0.1, 0.15) is 0 Å². The third-order valence-electron chi connectivity index (χ3n) is 4.24. The largest absolute Gasteiger partial charge is 0.347 e. The third kappa shape index (κ3) is 2.63. The molecule has 1 unspecified atom stereocenters. The van der Waals surface area contributed by atoms with Crippen molar-refractivity contribution in [3.8, 4) is 11.1 Å². The average molecular weight is 325 g/mol. The number of fused-ring (bicyclic) bond motifs is 1. The van der Waals surface area contributed by atoms with Gasteiger partial charge in [-0.2, -0.15) is 9.49 Å². The molecule has 3 heterocycles. The van der Waals surface area contributed by atoms with Crippen molar-refractivity contribution in [2.45, 2.75) is 12.5 Å². The van der Waals surface area contributed by atoms with Crippen molar-refractivity contribution in [2.75, 3.05) is 13.1 Å². The summed E-state index contributed by atoms with van der Waals surface area (Å²) in [5.74, 6) is -0.762. The van der Waals surface area contributed by atoms with Crippen LogP contribution in [0.25, 0.3) is 22.0 Å². The molecule has 1 atom stereocenters. The Balaban J connectivity index is 1.71. The van der Waals surface area contributed by atoms with Gasteiger partial charge in [-0.25, -0.2) is 4.98 Å². The lowest BCUT2D eigenvalue weighted by atomic mass is 10.0. The van der Waals surface area contributed by atoms with Gasteiger partial charge in [-0.05, 0) is 42.8 Å². The van der Waals surface area contributed by atoms with E-state index >= 15 is 0 Å². The van der Waals surface area contributed by atoms with Crippen LogP contribution in [0.1, 0.15) is 16.9 Å². The standard InChI is InChI=1S/C17H16FN5O/c18-16-12(2-1-6-20-16)10-3-4-14-13(8-10)15(23-22-14)17(24)21-11-5-7-19-9-11/h1-4,6,8,11,19H,5,7,9H2,(H,21,24)(H,22,23). The Hall–Kier alpha value is -2.80. The number of H-pyrrole nitrogens is 1. The molecule has 1 amide bonds. The summed E-state index contributed by atoms with van der Waals surface area (Å²) in [5.41, 5.74) is 2.11. The Kier molecular flexibility index (Phi) is 3.70. The maximum atomic E-state index is 13.9. The summed E-state index contributed by atoms with van der Waals surface area (Å²) in [5, 5.41) is 13.8. The zero-order chi connectivity index (χ0) is 16.5. The maximum Gasteiger partial charge on any atom is 0.272 e. The smallest absolute Gasteiger partial charge is 0.272 e. The topological polar surface area (TPSA) is 82.7 Å². The SMILES string of the molecule is O=C(NC1CCNC1)c1n[nH]c2ccc(-c3cccnc3F)cc12. The Morgan fingerprint density at radius 3 is 3.04 bits per heavy atom. The summed E-state index contributed by atoms with van der Waals surface area (Å²) in [4.78, 5) is 16.2. The molecule has 1 aromatic carbocycles. The molecule has 1 aliphatic heterocycles. The first-order valence-electron chi connectivity index (χ1n) is 7.83. The lowest BCUT2D eigenvalue weighted by Gasteiger charge is -2.10. The van der Waals surface area contributed by atoms with Gasteiger partial charge in [-0.1, -0.05) is 6.07 Å². The van der Waals surface area contributed by atoms with Crippen LogP contribution >= 0.6 is 0 Å². The fraction of sp³-hybridized carbons (Fsp3) is 0.235. The molecule has 3 N–H and O–H groups in total. The fourth-order valence-electron chi connectivity index (χ4n) is 2.99. The number of aromatic amines is 1. The summed E-state index contributed by atoms with van der Waals surface area (Å²) < 4.78 is 13.9. The van der Waals surface area contributed by atoms with Crippen molar-refractivity contribution in [2.24, 2.45) is 0 Å². The van der Waals surface area contributed by atoms with E-state index < -0.39 is 5.95 Å². The second-order valence-corrected chi connectivity index (χ2v) is 5.84. The van der Waals surface area contributed by atoms with Crippen molar-refractivity contribution in [1.82, 2.24) is 25.8 Å². The number of benzene rings is 1. The van der Waals surface area contributed by atoms with Crippen LogP contribution in [0.2, 0.25) is 0 Å². The number of carbonyl (C=O) groups is 1. The second-order valence-electron chi connectivity index (χ2n) is 5.84. The molecular formula is C17H16FN5O. The molecular weight excluding hydrogens is 309 g/mol. The van der Waals surface area contributed by atoms with Crippen molar-refractivity contribution in [1.29, 1.82) is 0 Å². The highest BCUT2D eigenvalue weighted by Gasteiger charge is 2.21. The van der Waals surface area contributed by atoms with E-state index in [-0.39, 0.29) is 11.9 Å². The second kappa shape index (κ2) is 6.01. The van der Waals surface area contributed by atoms with Gasteiger partial charge in [0.2, 0.25) is 5.95 Å². The summed E-state index contributed by atoms with van der Waals surface area (Å²) in [6, 6.07) is 8.79. The van der Waals surface area contributed by atoms with Gasteiger partial charge in [0.05, 0.1) is 5.52 Å². The van der Waals surface area contributed by atoms with Crippen LogP contribution in [0.5, 0.6) is 0 Å². The van der Waals surface area contributed by atoms with E-state index in [2.05, 4.69) is 25.8 Å². The molecule has 24 heavy (non-hydrogen) atoms. The van der Waals surface area contributed by atoms with Crippen molar-refractivity contribution in [3.63, 3.8) is 0 Å². The molecule has 1 fully saturated rings. The summed E-state index contributed by atoms with van der Waals surface area (Å²) in [6.45, 7) is 1.66. The van der Waals surface area contributed by atoms with E-state index in [1.54, 1.807) is 30.3 Å². The van der Waals surface area contributed by atoms with Gasteiger partial charge in [-0.3, -0.25) is 9.89 Å². The Morgan fingerprint density at radius 2 is 2.25 bits per heavy atom. The minimum Gasteiger partial charge on any atom is -0.347 e. The summed E-state index contributed by atoms with van der Waals surface area (Å²) in [6.07, 6.45) is 2.31. The fourth-order valence-corrected chi connectivity index (χ4v) is 2.99. The van der Waals surface area contributed by atoms with E-state index in [0.29, 0.717) is 22.2 Å². The van der Waals surface area contributed by atoms with E-state index in [1.807, 2.05) is 0 Å². The van der Waals surface area contributed by atoms with Crippen molar-refractivity contribution in [3.05, 3.63) is 48.2 Å². The van der Waals surface area contributed by atoms with Crippen molar-refractivity contribution < 1.29 is 9.18 Å². The molecule has 0 aliphatic carbocycles. The van der Waals surface area contributed by atoms with E-state index in [0.717, 1.165) is 25.0 Å². The molecule has 0 spiro atoms. The number of halogens is 1. The number of hydrogen-bond donors (Lipinski definition) is 3. The van der Waals surface area contributed by atoms with Crippen molar-refractivity contribution >= 4 is 16.8 Å². The van der Waals surface area contributed by atoms with Crippen LogP contribution in [0.3, 0.4) is 0 Å². The molecule has 6 nitrogen and oxygen atoms in total. The first-order chi connectivity index (χ1) is 11.7. The Labute approximate surface area is 137 Å². The predicted octanol–water partition coefficient (Wildman–Crippen LogP) is 1.86. The molecule has 1 aliphatic rings. The number of nitrogens with one attached hydrogen (secondary N) is 3. The van der Waals surface area contributed by atoms with Gasteiger partial charge >= 0.3 is 0 Å². The van der Waals surface area contributed by atoms with Crippen LogP contribution in [-0.2, 0) is 0 Å². The monoisotopic (exact) mass is 325 g/mol. The maximum absolute atomic E-state index is 13.9. The number of amides is 1. The first kappa shape index (κ1) is 14.8. The molecule has 0 bridgehead atoms. The highest BCUT2D eigenvalue weighted by Crippen LogP contribution is 2.26. The zero-order valence-corrected chi connectivity index (χ0v) is 12.8. The molecule has 7 heteroatoms. The molecule has 3 aromatic rings. The lowest BCUT2D eigenvalue weighted by Crippen LogP contribution is -2.36. The van der Waals surface area contributed by atoms with E-state index in [4.69, 9.17) is 0 Å². The molecule has 0 radical (unpaired) electrons. The number of hydrogen-bond acceptors (Lipinski definition) is 4. The summed E-state index contributed by atoms with van der Waals surface area (Å²) in [7, 11) is 0. The van der Waals surface area contributed by atoms with E-state index in [1.165, 1.54) is 6.20 Å². The van der Waals surface area contributed by atoms with Gasteiger partial charge in [0.25, 0.3) is 5.91 Å². The zero-order valence-electron chi connectivity index (χ0n) is 12.8. The quantitative estimate of drug-likeness (QED) is 0.642. The van der Waals surface area contributed by atoms with Gasteiger partial charge < -0.3 is 10.6 Å². The highest BCUT2D eigenvalue weighted by molar-refractivity contribution is 6.05. The molecule has 2 aromatic heterocycles. The first-order valence-corrected chi connectivity index (χ1v) is 7.83. The number of nitrogens with zero attached hydrogens (tertiary/aromatic N) is 2. The molecule has 122 valence electrons. The number of aromatic nitrogens is 3. The van der Waals surface area contributed by atoms with Crippen LogP contribution in [0.4, 0.5) is 4.39 Å². The average Bonchev–Trinajstić information content (AvgIpc) is 3.24. The highest BCUT2D eigenvalue weighted by atomic mass is 19.1. The summed E-state index contributed by atoms with van der Waals surface area (Å²) >= 11 is 0. The molecule has 4 rings (SSSR count). The Bertz CT molecular complexity index is 901. The van der Waals surface area contributed by atoms with Crippen LogP contribution in [-0.4, -0.2) is 40.2 Å². The molecule has 1 saturated heterocycles. The third-order valence-corrected chi connectivity index (χ3v) is 4.24. The lowest BCUT2D eigenvalue weighted by molar-refractivity contribution is 0.0936. The minimum absolute atomic E-state index is 0.114. The Morgan fingerprint density at radius 1 is 1.33 bits per heavy atom. The number of carbonyl (C=O) groups excluding carboxylic acids is 1. The number of pyridine rings is 1. The van der Waals surface area contributed by atoms with Crippen LogP contribution < -0.4 is 10.6 Å². The minimum atomic E-state index is -0.539. The van der Waals surface area contributed by atoms with Gasteiger partial charge in [0, 0.05) is 29.7 Å². The van der Waals surface area contributed by atoms with E-state index in [9.17, 15) is 9.18 Å². The normalized spacial score (nSPS) is 17.3. The molecule has 0 saturated carbocycles. The number of rotatable bonds is 3. The van der Waals surface area contributed by atoms with Gasteiger partial charge in [0.15, 0.2) is 5.69 Å². The van der Waals surface area contributed by atoms with Crippen LogP contribution in [0, 0.1) is 5.95 Å².